The van der Waals surface area contributed by atoms with Crippen molar-refractivity contribution in [1.82, 2.24) is 5.32 Å². The van der Waals surface area contributed by atoms with Crippen LogP contribution in [0.2, 0.25) is 0 Å². The quantitative estimate of drug-likeness (QED) is 0.655. The average molecular weight is 324 g/mol. The highest BCUT2D eigenvalue weighted by Gasteiger charge is 2.15. The fraction of sp³-hybridized carbons (Fsp3) is 0.167. The van der Waals surface area contributed by atoms with Gasteiger partial charge in [-0.15, -0.1) is 11.8 Å². The lowest BCUT2D eigenvalue weighted by Gasteiger charge is -2.11. The zero-order valence-electron chi connectivity index (χ0n) is 12.7. The molecule has 0 aliphatic carbocycles. The zero-order valence-corrected chi connectivity index (χ0v) is 13.5. The molecule has 0 saturated heterocycles. The normalized spacial score (nSPS) is 11.3. The van der Waals surface area contributed by atoms with Crippen LogP contribution in [0.1, 0.15) is 22.8 Å². The molecule has 0 heterocycles. The SMILES string of the molecule is CC(Sc1ccc(C#N)cc1)C(=O)NCC(=O)c1ccccc1. The molecular formula is C18H16N2O2S. The number of thioether (sulfide) groups is 1. The third-order valence-corrected chi connectivity index (χ3v) is 4.30. The number of amides is 1. The number of hydrogen-bond donors (Lipinski definition) is 1. The first-order valence-electron chi connectivity index (χ1n) is 7.13. The number of nitrogens with zero attached hydrogens (tertiary/aromatic N) is 1. The first-order chi connectivity index (χ1) is 11.1. The van der Waals surface area contributed by atoms with Crippen LogP contribution in [-0.2, 0) is 4.79 Å². The Bertz CT molecular complexity index is 721. The predicted octanol–water partition coefficient (Wildman–Crippen LogP) is 3.04. The summed E-state index contributed by atoms with van der Waals surface area (Å²) in [5.74, 6) is -0.307. The first-order valence-corrected chi connectivity index (χ1v) is 8.01. The Morgan fingerprint density at radius 2 is 1.78 bits per heavy atom. The molecule has 0 saturated carbocycles. The molecule has 5 heteroatoms. The summed E-state index contributed by atoms with van der Waals surface area (Å²) in [5.41, 5.74) is 1.17. The molecule has 2 aromatic carbocycles. The van der Waals surface area contributed by atoms with Crippen molar-refractivity contribution in [3.8, 4) is 6.07 Å². The van der Waals surface area contributed by atoms with E-state index in [-0.39, 0.29) is 23.5 Å². The first kappa shape index (κ1) is 16.8. The van der Waals surface area contributed by atoms with Gasteiger partial charge in [0, 0.05) is 10.5 Å². The maximum absolute atomic E-state index is 12.1. The van der Waals surface area contributed by atoms with Crippen molar-refractivity contribution >= 4 is 23.5 Å². The molecule has 2 aromatic rings. The standard InChI is InChI=1S/C18H16N2O2S/c1-13(23-16-9-7-14(11-19)8-10-16)18(22)20-12-17(21)15-5-3-2-4-6-15/h2-10,13H,12H2,1H3,(H,20,22). The summed E-state index contributed by atoms with van der Waals surface area (Å²) in [4.78, 5) is 24.9. The van der Waals surface area contributed by atoms with E-state index in [1.54, 1.807) is 43.3 Å². The fourth-order valence-corrected chi connectivity index (χ4v) is 2.79. The number of carbonyl (C=O) groups excluding carboxylic acids is 2. The second kappa shape index (κ2) is 8.16. The Kier molecular flexibility index (Phi) is 5.95. The summed E-state index contributed by atoms with van der Waals surface area (Å²) in [6.07, 6.45) is 0. The van der Waals surface area contributed by atoms with Gasteiger partial charge in [-0.3, -0.25) is 9.59 Å². The Morgan fingerprint density at radius 1 is 1.13 bits per heavy atom. The molecule has 0 spiro atoms. The van der Waals surface area contributed by atoms with E-state index in [9.17, 15) is 9.59 Å². The van der Waals surface area contributed by atoms with Gasteiger partial charge in [0.25, 0.3) is 0 Å². The maximum Gasteiger partial charge on any atom is 0.233 e. The number of Topliss-reactive ketones (excluding diaryl/α,β-unsaturated/α-hetero) is 1. The number of nitriles is 1. The van der Waals surface area contributed by atoms with Crippen molar-refractivity contribution in [3.05, 3.63) is 65.7 Å². The molecule has 0 aliphatic rings. The van der Waals surface area contributed by atoms with E-state index >= 15 is 0 Å². The van der Waals surface area contributed by atoms with Crippen LogP contribution in [0.15, 0.2) is 59.5 Å². The second-order valence-electron chi connectivity index (χ2n) is 4.90. The van der Waals surface area contributed by atoms with E-state index in [4.69, 9.17) is 5.26 Å². The number of ketones is 1. The number of rotatable bonds is 6. The smallest absolute Gasteiger partial charge is 0.233 e. The van der Waals surface area contributed by atoms with Crippen molar-refractivity contribution in [2.24, 2.45) is 0 Å². The minimum Gasteiger partial charge on any atom is -0.348 e. The number of benzene rings is 2. The van der Waals surface area contributed by atoms with Crippen molar-refractivity contribution in [3.63, 3.8) is 0 Å². The molecule has 1 N–H and O–H groups in total. The molecule has 0 bridgehead atoms. The number of hydrogen-bond acceptors (Lipinski definition) is 4. The van der Waals surface area contributed by atoms with Crippen LogP contribution in [0, 0.1) is 11.3 Å². The van der Waals surface area contributed by atoms with Gasteiger partial charge in [-0.25, -0.2) is 0 Å². The topological polar surface area (TPSA) is 70.0 Å². The molecule has 116 valence electrons. The Hall–Kier alpha value is -2.58. The van der Waals surface area contributed by atoms with E-state index in [1.165, 1.54) is 11.8 Å². The van der Waals surface area contributed by atoms with Crippen molar-refractivity contribution in [1.29, 1.82) is 5.26 Å². The number of nitrogens with one attached hydrogen (secondary N) is 1. The maximum atomic E-state index is 12.1. The van der Waals surface area contributed by atoms with Gasteiger partial charge >= 0.3 is 0 Å². The van der Waals surface area contributed by atoms with Crippen LogP contribution < -0.4 is 5.32 Å². The molecular weight excluding hydrogens is 308 g/mol. The molecule has 1 atom stereocenters. The van der Waals surface area contributed by atoms with Gasteiger partial charge in [0.2, 0.25) is 5.91 Å². The largest absolute Gasteiger partial charge is 0.348 e. The second-order valence-corrected chi connectivity index (χ2v) is 6.32. The molecule has 0 fully saturated rings. The van der Waals surface area contributed by atoms with Gasteiger partial charge in [-0.2, -0.15) is 5.26 Å². The van der Waals surface area contributed by atoms with E-state index in [0.29, 0.717) is 11.1 Å². The molecule has 0 radical (unpaired) electrons. The zero-order chi connectivity index (χ0) is 16.7. The lowest BCUT2D eigenvalue weighted by molar-refractivity contribution is -0.120. The van der Waals surface area contributed by atoms with Crippen LogP contribution in [-0.4, -0.2) is 23.5 Å². The van der Waals surface area contributed by atoms with Gasteiger partial charge in [0.15, 0.2) is 5.78 Å². The summed E-state index contributed by atoms with van der Waals surface area (Å²) < 4.78 is 0. The lowest BCUT2D eigenvalue weighted by atomic mass is 10.1. The van der Waals surface area contributed by atoms with Crippen LogP contribution in [0.4, 0.5) is 0 Å². The highest BCUT2D eigenvalue weighted by molar-refractivity contribution is 8.00. The predicted molar refractivity (Wildman–Crippen MR) is 90.3 cm³/mol. The monoisotopic (exact) mass is 324 g/mol. The molecule has 1 unspecified atom stereocenters. The molecule has 0 aliphatic heterocycles. The van der Waals surface area contributed by atoms with Gasteiger partial charge in [0.1, 0.15) is 0 Å². The fourth-order valence-electron chi connectivity index (χ4n) is 1.90. The van der Waals surface area contributed by atoms with Crippen molar-refractivity contribution < 1.29 is 9.59 Å². The Balaban J connectivity index is 1.85. The molecule has 1 amide bonds. The van der Waals surface area contributed by atoms with Gasteiger partial charge in [-0.1, -0.05) is 30.3 Å². The van der Waals surface area contributed by atoms with Crippen LogP contribution in [0.25, 0.3) is 0 Å². The summed E-state index contributed by atoms with van der Waals surface area (Å²) >= 11 is 1.39. The van der Waals surface area contributed by atoms with E-state index < -0.39 is 0 Å². The third kappa shape index (κ3) is 4.97. The summed E-state index contributed by atoms with van der Waals surface area (Å²) in [6, 6.07) is 18.0. The third-order valence-electron chi connectivity index (χ3n) is 3.18. The Morgan fingerprint density at radius 3 is 2.39 bits per heavy atom. The molecule has 23 heavy (non-hydrogen) atoms. The van der Waals surface area contributed by atoms with E-state index in [1.807, 2.05) is 18.2 Å². The van der Waals surface area contributed by atoms with E-state index in [0.717, 1.165) is 4.90 Å². The lowest BCUT2D eigenvalue weighted by Crippen LogP contribution is -2.34. The van der Waals surface area contributed by atoms with Crippen LogP contribution in [0.3, 0.4) is 0 Å². The van der Waals surface area contributed by atoms with Crippen molar-refractivity contribution in [2.75, 3.05) is 6.54 Å². The highest BCUT2D eigenvalue weighted by atomic mass is 32.2. The highest BCUT2D eigenvalue weighted by Crippen LogP contribution is 2.23. The van der Waals surface area contributed by atoms with Crippen LogP contribution >= 0.6 is 11.8 Å². The summed E-state index contributed by atoms with van der Waals surface area (Å²) in [5, 5.41) is 11.1. The minimum absolute atomic E-state index is 0.0128. The number of carbonyl (C=O) groups is 2. The minimum atomic E-state index is -0.327. The van der Waals surface area contributed by atoms with Gasteiger partial charge < -0.3 is 5.32 Å². The summed E-state index contributed by atoms with van der Waals surface area (Å²) in [6.45, 7) is 1.77. The van der Waals surface area contributed by atoms with Crippen LogP contribution in [0.5, 0.6) is 0 Å². The summed E-state index contributed by atoms with van der Waals surface area (Å²) in [7, 11) is 0. The molecule has 0 aromatic heterocycles. The van der Waals surface area contributed by atoms with Gasteiger partial charge in [0.05, 0.1) is 23.4 Å². The van der Waals surface area contributed by atoms with Crippen molar-refractivity contribution in [2.45, 2.75) is 17.1 Å². The van der Waals surface area contributed by atoms with E-state index in [2.05, 4.69) is 11.4 Å². The molecule has 2 rings (SSSR count). The Labute approximate surface area is 139 Å². The average Bonchev–Trinajstić information content (AvgIpc) is 2.60. The van der Waals surface area contributed by atoms with Gasteiger partial charge in [-0.05, 0) is 31.2 Å². The molecule has 4 nitrogen and oxygen atoms in total.